The van der Waals surface area contributed by atoms with E-state index in [0.29, 0.717) is 18.4 Å². The lowest BCUT2D eigenvalue weighted by atomic mass is 9.97. The standard InChI is InChI=1S/C21H28N4O2S/c1-24(14-6-7-14)20-19-15-4-2-3-5-16(15)28-21(19)23-17(22-20)10-18(27)25-9-8-13(11-25)12-26/h13-14,26H,2-12H2,1H3. The minimum absolute atomic E-state index is 0.0802. The Kier molecular flexibility index (Phi) is 4.75. The van der Waals surface area contributed by atoms with Gasteiger partial charge < -0.3 is 14.9 Å². The van der Waals surface area contributed by atoms with Crippen LogP contribution in [0.15, 0.2) is 0 Å². The molecule has 1 N–H and O–H groups in total. The number of nitrogens with zero attached hydrogens (tertiary/aromatic N) is 4. The van der Waals surface area contributed by atoms with Gasteiger partial charge in [-0.2, -0.15) is 0 Å². The second-order valence-electron chi connectivity index (χ2n) is 8.55. The van der Waals surface area contributed by atoms with Gasteiger partial charge in [0.15, 0.2) is 0 Å². The number of likely N-dealkylation sites (tertiary alicyclic amines) is 1. The summed E-state index contributed by atoms with van der Waals surface area (Å²) in [5, 5.41) is 10.6. The normalized spacial score (nSPS) is 21.9. The molecule has 2 aromatic rings. The van der Waals surface area contributed by atoms with E-state index in [1.54, 1.807) is 11.3 Å². The van der Waals surface area contributed by atoms with Gasteiger partial charge >= 0.3 is 0 Å². The Labute approximate surface area is 169 Å². The molecule has 3 heterocycles. The van der Waals surface area contributed by atoms with Gasteiger partial charge in [-0.3, -0.25) is 4.79 Å². The maximum Gasteiger partial charge on any atom is 0.230 e. The van der Waals surface area contributed by atoms with Gasteiger partial charge in [0.1, 0.15) is 16.5 Å². The van der Waals surface area contributed by atoms with E-state index in [1.807, 2.05) is 4.90 Å². The minimum Gasteiger partial charge on any atom is -0.396 e. The lowest BCUT2D eigenvalue weighted by molar-refractivity contribution is -0.129. The number of aryl methyl sites for hydroxylation is 2. The molecule has 1 saturated carbocycles. The van der Waals surface area contributed by atoms with Gasteiger partial charge in [-0.1, -0.05) is 0 Å². The van der Waals surface area contributed by atoms with Crippen molar-refractivity contribution in [1.82, 2.24) is 14.9 Å². The minimum atomic E-state index is 0.0802. The fourth-order valence-electron chi connectivity index (χ4n) is 4.61. The number of carbonyl (C=O) groups excluding carboxylic acids is 1. The monoisotopic (exact) mass is 400 g/mol. The van der Waals surface area contributed by atoms with Crippen molar-refractivity contribution in [2.24, 2.45) is 5.92 Å². The largest absolute Gasteiger partial charge is 0.396 e. The quantitative estimate of drug-likeness (QED) is 0.835. The molecule has 1 amide bonds. The van der Waals surface area contributed by atoms with Gasteiger partial charge in [0.25, 0.3) is 0 Å². The van der Waals surface area contributed by atoms with Crippen LogP contribution in [0.2, 0.25) is 0 Å². The van der Waals surface area contributed by atoms with E-state index < -0.39 is 0 Å². The molecule has 6 nitrogen and oxygen atoms in total. The summed E-state index contributed by atoms with van der Waals surface area (Å²) in [6.45, 7) is 1.54. The summed E-state index contributed by atoms with van der Waals surface area (Å²) in [5.41, 5.74) is 1.46. The molecule has 2 aliphatic carbocycles. The summed E-state index contributed by atoms with van der Waals surface area (Å²) in [4.78, 5) is 29.2. The van der Waals surface area contributed by atoms with E-state index in [4.69, 9.17) is 9.97 Å². The van der Waals surface area contributed by atoms with E-state index in [9.17, 15) is 9.90 Å². The van der Waals surface area contributed by atoms with Crippen molar-refractivity contribution in [3.05, 3.63) is 16.3 Å². The predicted octanol–water partition coefficient (Wildman–Crippen LogP) is 2.55. The highest BCUT2D eigenvalue weighted by atomic mass is 32.1. The molecular formula is C21H28N4O2S. The maximum absolute atomic E-state index is 12.8. The molecule has 1 atom stereocenters. The van der Waals surface area contributed by atoms with Crippen molar-refractivity contribution in [1.29, 1.82) is 0 Å². The van der Waals surface area contributed by atoms with Gasteiger partial charge in [-0.05, 0) is 50.5 Å². The first-order valence-corrected chi connectivity index (χ1v) is 11.4. The Morgan fingerprint density at radius 2 is 2.07 bits per heavy atom. The Hall–Kier alpha value is -1.73. The lowest BCUT2D eigenvalue weighted by Crippen LogP contribution is -2.31. The van der Waals surface area contributed by atoms with Crippen molar-refractivity contribution in [2.75, 3.05) is 31.6 Å². The SMILES string of the molecule is CN(c1nc(CC(=O)N2CCC(CO)C2)nc2sc3c(c12)CCCC3)C1CC1. The molecule has 7 heteroatoms. The van der Waals surface area contributed by atoms with E-state index in [0.717, 1.165) is 36.5 Å². The van der Waals surface area contributed by atoms with E-state index >= 15 is 0 Å². The van der Waals surface area contributed by atoms with E-state index in [-0.39, 0.29) is 24.9 Å². The number of thiophene rings is 1. The summed E-state index contributed by atoms with van der Waals surface area (Å²) in [7, 11) is 2.14. The fraction of sp³-hybridized carbons (Fsp3) is 0.667. The van der Waals surface area contributed by atoms with Crippen molar-refractivity contribution in [3.8, 4) is 0 Å². The van der Waals surface area contributed by atoms with Crippen molar-refractivity contribution in [3.63, 3.8) is 0 Å². The number of hydrogen-bond acceptors (Lipinski definition) is 6. The smallest absolute Gasteiger partial charge is 0.230 e. The van der Waals surface area contributed by atoms with Crippen LogP contribution >= 0.6 is 11.3 Å². The van der Waals surface area contributed by atoms with Crippen LogP contribution < -0.4 is 4.90 Å². The average Bonchev–Trinajstić information content (AvgIpc) is 3.32. The van der Waals surface area contributed by atoms with Crippen molar-refractivity contribution >= 4 is 33.3 Å². The highest BCUT2D eigenvalue weighted by Crippen LogP contribution is 2.41. The maximum atomic E-state index is 12.8. The number of aromatic nitrogens is 2. The number of fused-ring (bicyclic) bond motifs is 3. The molecule has 150 valence electrons. The summed E-state index contributed by atoms with van der Waals surface area (Å²) in [6.07, 6.45) is 8.35. The van der Waals surface area contributed by atoms with Crippen LogP contribution in [0.3, 0.4) is 0 Å². The highest BCUT2D eigenvalue weighted by molar-refractivity contribution is 7.19. The molecule has 0 spiro atoms. The third kappa shape index (κ3) is 3.28. The number of hydrogen-bond donors (Lipinski definition) is 1. The van der Waals surface area contributed by atoms with E-state index in [1.165, 1.54) is 41.5 Å². The Morgan fingerprint density at radius 3 is 2.82 bits per heavy atom. The Bertz CT molecular complexity index is 907. The summed E-state index contributed by atoms with van der Waals surface area (Å²) < 4.78 is 0. The second-order valence-corrected chi connectivity index (χ2v) is 9.63. The van der Waals surface area contributed by atoms with E-state index in [2.05, 4.69) is 11.9 Å². The number of rotatable bonds is 5. The number of aliphatic hydroxyl groups excluding tert-OH is 1. The zero-order valence-corrected chi connectivity index (χ0v) is 17.3. The predicted molar refractivity (Wildman–Crippen MR) is 111 cm³/mol. The van der Waals surface area contributed by atoms with Crippen LogP contribution in [0.1, 0.15) is 48.4 Å². The third-order valence-electron chi connectivity index (χ3n) is 6.48. The van der Waals surface area contributed by atoms with Gasteiger partial charge in [0, 0.05) is 43.6 Å². The average molecular weight is 401 g/mol. The highest BCUT2D eigenvalue weighted by Gasteiger charge is 2.32. The number of carbonyl (C=O) groups is 1. The van der Waals surface area contributed by atoms with Gasteiger partial charge in [-0.25, -0.2) is 9.97 Å². The molecule has 2 aromatic heterocycles. The van der Waals surface area contributed by atoms with Crippen LogP contribution in [0.25, 0.3) is 10.2 Å². The summed E-state index contributed by atoms with van der Waals surface area (Å²) >= 11 is 1.81. The Balaban J connectivity index is 1.48. The van der Waals surface area contributed by atoms with Crippen LogP contribution in [0, 0.1) is 5.92 Å². The third-order valence-corrected chi connectivity index (χ3v) is 7.66. The first-order valence-electron chi connectivity index (χ1n) is 10.6. The summed E-state index contributed by atoms with van der Waals surface area (Å²) in [5.74, 6) is 1.97. The van der Waals surface area contributed by atoms with Gasteiger partial charge in [-0.15, -0.1) is 11.3 Å². The fourth-order valence-corrected chi connectivity index (χ4v) is 5.88. The molecule has 3 aliphatic rings. The van der Waals surface area contributed by atoms with Gasteiger partial charge in [0.05, 0.1) is 11.8 Å². The molecule has 0 radical (unpaired) electrons. The first kappa shape index (κ1) is 18.3. The molecule has 1 saturated heterocycles. The van der Waals surface area contributed by atoms with Crippen LogP contribution in [0.5, 0.6) is 0 Å². The molecule has 1 aliphatic heterocycles. The van der Waals surface area contributed by atoms with Gasteiger partial charge in [0.2, 0.25) is 5.91 Å². The first-order chi connectivity index (χ1) is 13.6. The molecule has 0 aromatic carbocycles. The molecule has 0 bridgehead atoms. The molecule has 2 fully saturated rings. The zero-order chi connectivity index (χ0) is 19.3. The molecule has 28 heavy (non-hydrogen) atoms. The Morgan fingerprint density at radius 1 is 1.25 bits per heavy atom. The molecule has 5 rings (SSSR count). The topological polar surface area (TPSA) is 69.6 Å². The van der Waals surface area contributed by atoms with Crippen molar-refractivity contribution in [2.45, 2.75) is 57.4 Å². The molecule has 1 unspecified atom stereocenters. The van der Waals surface area contributed by atoms with Crippen LogP contribution in [-0.2, 0) is 24.1 Å². The number of anilines is 1. The summed E-state index contributed by atoms with van der Waals surface area (Å²) in [6, 6.07) is 0.574. The van der Waals surface area contributed by atoms with Crippen molar-refractivity contribution < 1.29 is 9.90 Å². The second kappa shape index (κ2) is 7.26. The van der Waals surface area contributed by atoms with Crippen LogP contribution in [-0.4, -0.2) is 58.7 Å². The lowest BCUT2D eigenvalue weighted by Gasteiger charge is -2.21. The number of aliphatic hydroxyl groups is 1. The number of amides is 1. The zero-order valence-electron chi connectivity index (χ0n) is 16.5. The van der Waals surface area contributed by atoms with Crippen LogP contribution in [0.4, 0.5) is 5.82 Å². The molecular weight excluding hydrogens is 372 g/mol.